The summed E-state index contributed by atoms with van der Waals surface area (Å²) in [5, 5.41) is 0. The van der Waals surface area contributed by atoms with Crippen LogP contribution in [0.15, 0.2) is 0 Å². The predicted octanol–water partition coefficient (Wildman–Crippen LogP) is 4.27. The van der Waals surface area contributed by atoms with Crippen LogP contribution in [-0.2, 0) is 4.74 Å². The minimum absolute atomic E-state index is 0. The molecule has 0 saturated heterocycles. The summed E-state index contributed by atoms with van der Waals surface area (Å²) in [7, 11) is 1.79. The van der Waals surface area contributed by atoms with Gasteiger partial charge in [-0.15, -0.1) is 0 Å². The molecule has 0 aromatic heterocycles. The van der Waals surface area contributed by atoms with E-state index in [9.17, 15) is 0 Å². The molecule has 1 saturated carbocycles. The van der Waals surface area contributed by atoms with E-state index in [0.29, 0.717) is 0 Å². The van der Waals surface area contributed by atoms with Crippen LogP contribution >= 0.6 is 0 Å². The quantitative estimate of drug-likeness (QED) is 0.643. The van der Waals surface area contributed by atoms with Crippen molar-refractivity contribution in [3.63, 3.8) is 0 Å². The number of rotatable bonds is 3. The highest BCUT2D eigenvalue weighted by atomic mass is 16.5. The molecular formula is C12H28O. The molecule has 1 heteroatoms. The minimum atomic E-state index is 0. The van der Waals surface area contributed by atoms with Crippen molar-refractivity contribution < 1.29 is 4.74 Å². The summed E-state index contributed by atoms with van der Waals surface area (Å²) >= 11 is 0. The third-order valence-electron chi connectivity index (χ3n) is 2.45. The number of methoxy groups -OCH3 is 1. The van der Waals surface area contributed by atoms with E-state index >= 15 is 0 Å². The van der Waals surface area contributed by atoms with Crippen molar-refractivity contribution in [3.05, 3.63) is 0 Å². The molecule has 0 amide bonds. The maximum atomic E-state index is 5.04. The maximum Gasteiger partial charge on any atom is 0.0464 e. The second-order valence-electron chi connectivity index (χ2n) is 3.29. The fourth-order valence-electron chi connectivity index (χ4n) is 1.76. The molecule has 1 aliphatic rings. The fourth-order valence-corrected chi connectivity index (χ4v) is 1.76. The molecule has 0 bridgehead atoms. The Morgan fingerprint density at radius 2 is 1.62 bits per heavy atom. The molecule has 1 aliphatic carbocycles. The lowest BCUT2D eigenvalue weighted by Crippen LogP contribution is -2.08. The van der Waals surface area contributed by atoms with Gasteiger partial charge in [0.25, 0.3) is 0 Å². The van der Waals surface area contributed by atoms with Gasteiger partial charge in [0.1, 0.15) is 0 Å². The number of ether oxygens (including phenoxy) is 1. The van der Waals surface area contributed by atoms with Gasteiger partial charge in [0, 0.05) is 13.7 Å². The zero-order chi connectivity index (χ0) is 9.23. The minimum Gasteiger partial charge on any atom is -0.385 e. The molecule has 82 valence electrons. The Bertz CT molecular complexity index is 75.2. The van der Waals surface area contributed by atoms with Crippen LogP contribution in [0.5, 0.6) is 0 Å². The van der Waals surface area contributed by atoms with Crippen LogP contribution in [0.25, 0.3) is 0 Å². The first-order chi connectivity index (χ1) is 5.93. The normalized spacial score (nSPS) is 16.8. The van der Waals surface area contributed by atoms with Crippen LogP contribution in [-0.4, -0.2) is 13.7 Å². The molecule has 0 atom stereocenters. The summed E-state index contributed by atoms with van der Waals surface area (Å²) in [5.74, 6) is 0.980. The summed E-state index contributed by atoms with van der Waals surface area (Å²) in [6.45, 7) is 4.96. The number of hydrogen-bond acceptors (Lipinski definition) is 1. The standard InChI is InChI=1S/C9H18O.C2H6.CH4/c1-10-8-7-9-5-3-2-4-6-9;1-2;/h9H,2-8H2,1H3;1-2H3;1H4. The molecule has 13 heavy (non-hydrogen) atoms. The van der Waals surface area contributed by atoms with Gasteiger partial charge in [-0.3, -0.25) is 0 Å². The molecular weight excluding hydrogens is 160 g/mol. The first-order valence-corrected chi connectivity index (χ1v) is 5.42. The van der Waals surface area contributed by atoms with E-state index in [1.807, 2.05) is 13.8 Å². The molecule has 0 aliphatic heterocycles. The SMILES string of the molecule is C.CC.COCCC1CCCCC1. The van der Waals surface area contributed by atoms with Crippen LogP contribution in [0.1, 0.15) is 59.8 Å². The molecule has 0 heterocycles. The van der Waals surface area contributed by atoms with Crippen molar-refractivity contribution in [2.24, 2.45) is 5.92 Å². The highest BCUT2D eigenvalue weighted by Crippen LogP contribution is 2.25. The van der Waals surface area contributed by atoms with Gasteiger partial charge in [-0.1, -0.05) is 53.4 Å². The monoisotopic (exact) mass is 188 g/mol. The van der Waals surface area contributed by atoms with Gasteiger partial charge >= 0.3 is 0 Å². The summed E-state index contributed by atoms with van der Waals surface area (Å²) in [6, 6.07) is 0. The highest BCUT2D eigenvalue weighted by Gasteiger charge is 2.11. The zero-order valence-electron chi connectivity index (χ0n) is 8.94. The first kappa shape index (κ1) is 15.4. The van der Waals surface area contributed by atoms with Crippen molar-refractivity contribution in [1.29, 1.82) is 0 Å². The van der Waals surface area contributed by atoms with E-state index in [0.717, 1.165) is 12.5 Å². The van der Waals surface area contributed by atoms with Gasteiger partial charge in [-0.2, -0.15) is 0 Å². The Labute approximate surface area is 84.9 Å². The molecule has 0 unspecified atom stereocenters. The molecule has 1 fully saturated rings. The van der Waals surface area contributed by atoms with Crippen LogP contribution in [0.2, 0.25) is 0 Å². The van der Waals surface area contributed by atoms with Crippen molar-refractivity contribution in [2.45, 2.75) is 59.8 Å². The largest absolute Gasteiger partial charge is 0.385 e. The highest BCUT2D eigenvalue weighted by molar-refractivity contribution is 4.64. The Morgan fingerprint density at radius 3 is 2.08 bits per heavy atom. The Hall–Kier alpha value is -0.0400. The van der Waals surface area contributed by atoms with Crippen LogP contribution in [0.4, 0.5) is 0 Å². The van der Waals surface area contributed by atoms with Gasteiger partial charge in [0.15, 0.2) is 0 Å². The van der Waals surface area contributed by atoms with E-state index in [-0.39, 0.29) is 7.43 Å². The number of hydrogen-bond donors (Lipinski definition) is 0. The van der Waals surface area contributed by atoms with E-state index < -0.39 is 0 Å². The van der Waals surface area contributed by atoms with E-state index in [1.165, 1.54) is 38.5 Å². The summed E-state index contributed by atoms with van der Waals surface area (Å²) in [5.41, 5.74) is 0. The Morgan fingerprint density at radius 1 is 1.08 bits per heavy atom. The molecule has 0 aromatic rings. The van der Waals surface area contributed by atoms with E-state index in [2.05, 4.69) is 0 Å². The van der Waals surface area contributed by atoms with Gasteiger partial charge in [-0.05, 0) is 12.3 Å². The average Bonchev–Trinajstić information content (AvgIpc) is 2.19. The van der Waals surface area contributed by atoms with Crippen molar-refractivity contribution in [1.82, 2.24) is 0 Å². The molecule has 1 nitrogen and oxygen atoms in total. The van der Waals surface area contributed by atoms with Gasteiger partial charge < -0.3 is 4.74 Å². The Balaban J connectivity index is 0. The summed E-state index contributed by atoms with van der Waals surface area (Å²) in [4.78, 5) is 0. The van der Waals surface area contributed by atoms with Crippen molar-refractivity contribution in [3.8, 4) is 0 Å². The molecule has 0 radical (unpaired) electrons. The van der Waals surface area contributed by atoms with Crippen molar-refractivity contribution in [2.75, 3.05) is 13.7 Å². The maximum absolute atomic E-state index is 5.04. The predicted molar refractivity (Wildman–Crippen MR) is 61.1 cm³/mol. The average molecular weight is 188 g/mol. The molecule has 0 N–H and O–H groups in total. The molecule has 1 rings (SSSR count). The second kappa shape index (κ2) is 12.0. The fraction of sp³-hybridized carbons (Fsp3) is 1.00. The summed E-state index contributed by atoms with van der Waals surface area (Å²) < 4.78 is 5.04. The third-order valence-corrected chi connectivity index (χ3v) is 2.45. The zero-order valence-corrected chi connectivity index (χ0v) is 8.94. The van der Waals surface area contributed by atoms with Crippen LogP contribution < -0.4 is 0 Å². The van der Waals surface area contributed by atoms with Gasteiger partial charge in [0.05, 0.1) is 0 Å². The van der Waals surface area contributed by atoms with Gasteiger partial charge in [-0.25, -0.2) is 0 Å². The first-order valence-electron chi connectivity index (χ1n) is 5.42. The van der Waals surface area contributed by atoms with Gasteiger partial charge in [0.2, 0.25) is 0 Å². The van der Waals surface area contributed by atoms with E-state index in [1.54, 1.807) is 7.11 Å². The summed E-state index contributed by atoms with van der Waals surface area (Å²) in [6.07, 6.45) is 8.55. The molecule has 0 spiro atoms. The van der Waals surface area contributed by atoms with Crippen LogP contribution in [0.3, 0.4) is 0 Å². The van der Waals surface area contributed by atoms with Crippen molar-refractivity contribution >= 4 is 0 Å². The smallest absolute Gasteiger partial charge is 0.0464 e. The lowest BCUT2D eigenvalue weighted by Gasteiger charge is -2.20. The third kappa shape index (κ3) is 8.29. The molecule has 0 aromatic carbocycles. The Kier molecular flexibility index (Phi) is 14.2. The lowest BCUT2D eigenvalue weighted by molar-refractivity contribution is 0.166. The van der Waals surface area contributed by atoms with E-state index in [4.69, 9.17) is 4.74 Å². The second-order valence-corrected chi connectivity index (χ2v) is 3.29. The lowest BCUT2D eigenvalue weighted by atomic mass is 9.87. The van der Waals surface area contributed by atoms with Crippen LogP contribution in [0, 0.1) is 5.92 Å². The topological polar surface area (TPSA) is 9.23 Å².